The minimum absolute atomic E-state index is 0.0524. The Balaban J connectivity index is 1.88. The van der Waals surface area contributed by atoms with Gasteiger partial charge < -0.3 is 9.57 Å². The van der Waals surface area contributed by atoms with E-state index in [0.717, 1.165) is 22.3 Å². The van der Waals surface area contributed by atoms with Gasteiger partial charge in [-0.3, -0.25) is 0 Å². The van der Waals surface area contributed by atoms with E-state index in [1.807, 2.05) is 42.5 Å². The number of ether oxygens (including phenoxy) is 1. The molecule has 0 radical (unpaired) electrons. The molecular weight excluding hydrogens is 522 g/mol. The minimum atomic E-state index is -4.35. The summed E-state index contributed by atoms with van der Waals surface area (Å²) in [6, 6.07) is 19.8. The number of para-hydroxylation sites is 1. The maximum Gasteiger partial charge on any atom is 0.340 e. The van der Waals surface area contributed by atoms with Crippen molar-refractivity contribution < 1.29 is 31.9 Å². The molecule has 0 fully saturated rings. The van der Waals surface area contributed by atoms with Crippen molar-refractivity contribution in [3.05, 3.63) is 114 Å². The fourth-order valence-electron chi connectivity index (χ4n) is 5.06. The number of alkyl halides is 4. The van der Waals surface area contributed by atoms with Gasteiger partial charge in [-0.2, -0.15) is 8.78 Å². The number of oxime groups is 1. The summed E-state index contributed by atoms with van der Waals surface area (Å²) in [5, 5.41) is 4.10. The number of allylic oxidation sites excluding steroid dienone is 2. The first-order valence-electron chi connectivity index (χ1n) is 12.8. The second-order valence-electron chi connectivity index (χ2n) is 9.48. The molecule has 1 aliphatic rings. The molecule has 0 heterocycles. The van der Waals surface area contributed by atoms with Gasteiger partial charge in [0.2, 0.25) is 0 Å². The zero-order chi connectivity index (χ0) is 28.9. The zero-order valence-corrected chi connectivity index (χ0v) is 22.0. The van der Waals surface area contributed by atoms with E-state index < -0.39 is 30.3 Å². The lowest BCUT2D eigenvalue weighted by Gasteiger charge is -2.30. The van der Waals surface area contributed by atoms with Crippen molar-refractivity contribution in [2.75, 3.05) is 6.61 Å². The molecule has 0 N–H and O–H groups in total. The molecule has 3 aromatic rings. The van der Waals surface area contributed by atoms with Crippen LogP contribution in [0.25, 0.3) is 11.1 Å². The molecule has 0 aromatic heterocycles. The molecule has 8 heteroatoms. The first kappa shape index (κ1) is 28.8. The van der Waals surface area contributed by atoms with Crippen LogP contribution in [0.15, 0.2) is 97.2 Å². The number of fused-ring (bicyclic) bond motifs is 3. The Labute approximate surface area is 230 Å². The SMILES string of the molecule is C=CCC1(CC=C)c2ccccc2-c2ccc(/C(=N\OC(=O)CC)c3ccccc3OCC(F)(F)C(F)F)cc21. The molecule has 40 heavy (non-hydrogen) atoms. The van der Waals surface area contributed by atoms with Crippen LogP contribution in [-0.4, -0.2) is 30.6 Å². The van der Waals surface area contributed by atoms with Crippen LogP contribution in [0.3, 0.4) is 0 Å². The Hall–Kier alpha value is -4.20. The lowest BCUT2D eigenvalue weighted by atomic mass is 9.72. The van der Waals surface area contributed by atoms with Gasteiger partial charge >= 0.3 is 18.3 Å². The second-order valence-corrected chi connectivity index (χ2v) is 9.48. The van der Waals surface area contributed by atoms with Crippen LogP contribution in [0.4, 0.5) is 17.6 Å². The van der Waals surface area contributed by atoms with E-state index in [2.05, 4.69) is 24.4 Å². The number of benzene rings is 3. The fourth-order valence-corrected chi connectivity index (χ4v) is 5.06. The highest BCUT2D eigenvalue weighted by molar-refractivity contribution is 6.15. The molecule has 4 rings (SSSR count). The lowest BCUT2D eigenvalue weighted by molar-refractivity contribution is -0.148. The highest BCUT2D eigenvalue weighted by Crippen LogP contribution is 2.53. The standard InChI is InChI=1S/C32H29F4NO3/c1-4-17-31(18-5-2)25-13-9-7-11-22(25)23-16-15-21(19-26(23)31)29(37-40-28(38)6-3)24-12-8-10-14-27(24)39-20-32(35,36)30(33)34/h4-5,7-16,19,30H,1-2,6,17-18,20H2,3H3/b37-29+. The first-order valence-corrected chi connectivity index (χ1v) is 12.8. The zero-order valence-electron chi connectivity index (χ0n) is 22.0. The van der Waals surface area contributed by atoms with Gasteiger partial charge in [-0.15, -0.1) is 13.2 Å². The summed E-state index contributed by atoms with van der Waals surface area (Å²) in [6.07, 6.45) is 1.10. The molecule has 0 saturated heterocycles. The maximum atomic E-state index is 13.7. The summed E-state index contributed by atoms with van der Waals surface area (Å²) < 4.78 is 58.2. The molecule has 0 bridgehead atoms. The summed E-state index contributed by atoms with van der Waals surface area (Å²) in [6.45, 7) is 8.02. The summed E-state index contributed by atoms with van der Waals surface area (Å²) in [5.74, 6) is -5.07. The van der Waals surface area contributed by atoms with Gasteiger partial charge in [0.1, 0.15) is 11.5 Å². The summed E-state index contributed by atoms with van der Waals surface area (Å²) in [7, 11) is 0. The fraction of sp³-hybridized carbons (Fsp3) is 0.250. The van der Waals surface area contributed by atoms with Crippen molar-refractivity contribution in [3.63, 3.8) is 0 Å². The number of carbonyl (C=O) groups excluding carboxylic acids is 1. The Morgan fingerprint density at radius 2 is 1.62 bits per heavy atom. The van der Waals surface area contributed by atoms with Crippen LogP contribution in [0, 0.1) is 0 Å². The Morgan fingerprint density at radius 1 is 0.975 bits per heavy atom. The van der Waals surface area contributed by atoms with Crippen LogP contribution in [0.5, 0.6) is 5.75 Å². The van der Waals surface area contributed by atoms with Crippen LogP contribution in [0.2, 0.25) is 0 Å². The minimum Gasteiger partial charge on any atom is -0.486 e. The van der Waals surface area contributed by atoms with Gasteiger partial charge in [0, 0.05) is 23.0 Å². The Kier molecular flexibility index (Phi) is 8.57. The van der Waals surface area contributed by atoms with Gasteiger partial charge in [-0.25, -0.2) is 13.6 Å². The quantitative estimate of drug-likeness (QED) is 0.0752. The molecule has 1 aliphatic carbocycles. The van der Waals surface area contributed by atoms with Gasteiger partial charge in [0.05, 0.1) is 0 Å². The summed E-state index contributed by atoms with van der Waals surface area (Å²) >= 11 is 0. The molecule has 0 spiro atoms. The van der Waals surface area contributed by atoms with E-state index in [0.29, 0.717) is 18.4 Å². The highest BCUT2D eigenvalue weighted by atomic mass is 19.3. The van der Waals surface area contributed by atoms with Crippen LogP contribution in [0.1, 0.15) is 48.4 Å². The highest BCUT2D eigenvalue weighted by Gasteiger charge is 2.43. The van der Waals surface area contributed by atoms with Crippen molar-refractivity contribution in [1.29, 1.82) is 0 Å². The first-order chi connectivity index (χ1) is 19.2. The molecule has 0 atom stereocenters. The number of hydrogen-bond acceptors (Lipinski definition) is 4. The third-order valence-electron chi connectivity index (χ3n) is 6.94. The number of rotatable bonds is 12. The van der Waals surface area contributed by atoms with Crippen molar-refractivity contribution in [1.82, 2.24) is 0 Å². The van der Waals surface area contributed by atoms with Crippen molar-refractivity contribution in [2.24, 2.45) is 5.16 Å². The number of hydrogen-bond donors (Lipinski definition) is 0. The van der Waals surface area contributed by atoms with E-state index in [1.165, 1.54) is 18.2 Å². The maximum absolute atomic E-state index is 13.7. The summed E-state index contributed by atoms with van der Waals surface area (Å²) in [4.78, 5) is 17.2. The van der Waals surface area contributed by atoms with E-state index in [4.69, 9.17) is 9.57 Å². The lowest BCUT2D eigenvalue weighted by Crippen LogP contribution is -2.34. The summed E-state index contributed by atoms with van der Waals surface area (Å²) in [5.41, 5.74) is 4.55. The topological polar surface area (TPSA) is 47.9 Å². The molecule has 0 amide bonds. The van der Waals surface area contributed by atoms with E-state index >= 15 is 0 Å². The van der Waals surface area contributed by atoms with Gasteiger partial charge in [0.15, 0.2) is 6.61 Å². The van der Waals surface area contributed by atoms with Gasteiger partial charge in [-0.1, -0.05) is 72.8 Å². The average molecular weight is 552 g/mol. The van der Waals surface area contributed by atoms with Crippen molar-refractivity contribution >= 4 is 11.7 Å². The molecule has 0 unspecified atom stereocenters. The molecule has 4 nitrogen and oxygen atoms in total. The van der Waals surface area contributed by atoms with Crippen LogP contribution < -0.4 is 4.74 Å². The van der Waals surface area contributed by atoms with Gasteiger partial charge in [-0.05, 0) is 53.3 Å². The van der Waals surface area contributed by atoms with E-state index in [-0.39, 0.29) is 23.4 Å². The Morgan fingerprint density at radius 3 is 2.30 bits per heavy atom. The van der Waals surface area contributed by atoms with Gasteiger partial charge in [0.25, 0.3) is 0 Å². The largest absolute Gasteiger partial charge is 0.486 e. The molecule has 3 aromatic carbocycles. The molecule has 0 aliphatic heterocycles. The predicted molar refractivity (Wildman–Crippen MR) is 147 cm³/mol. The number of halogens is 4. The van der Waals surface area contributed by atoms with E-state index in [1.54, 1.807) is 19.1 Å². The molecular formula is C32H29F4NO3. The second kappa shape index (κ2) is 11.9. The van der Waals surface area contributed by atoms with Crippen LogP contribution >= 0.6 is 0 Å². The van der Waals surface area contributed by atoms with Crippen LogP contribution in [-0.2, 0) is 15.0 Å². The normalized spacial score (nSPS) is 13.9. The molecule has 208 valence electrons. The molecule has 0 saturated carbocycles. The smallest absolute Gasteiger partial charge is 0.340 e. The average Bonchev–Trinajstić information content (AvgIpc) is 3.22. The third kappa shape index (κ3) is 5.43. The number of carbonyl (C=O) groups is 1. The predicted octanol–water partition coefficient (Wildman–Crippen LogP) is 8.09. The monoisotopic (exact) mass is 551 g/mol. The Bertz CT molecular complexity index is 1440. The third-order valence-corrected chi connectivity index (χ3v) is 6.94. The van der Waals surface area contributed by atoms with Crippen molar-refractivity contribution in [2.45, 2.75) is 43.9 Å². The number of nitrogens with zero attached hydrogens (tertiary/aromatic N) is 1. The van der Waals surface area contributed by atoms with E-state index in [9.17, 15) is 22.4 Å². The van der Waals surface area contributed by atoms with Crippen molar-refractivity contribution in [3.8, 4) is 16.9 Å².